The summed E-state index contributed by atoms with van der Waals surface area (Å²) < 4.78 is 23.4. The van der Waals surface area contributed by atoms with E-state index in [1.807, 2.05) is 6.07 Å². The van der Waals surface area contributed by atoms with Crippen LogP contribution in [0.5, 0.6) is 0 Å². The molecule has 1 aliphatic rings. The quantitative estimate of drug-likeness (QED) is 0.737. The molecule has 14 heavy (non-hydrogen) atoms. The van der Waals surface area contributed by atoms with Gasteiger partial charge in [0, 0.05) is 6.42 Å². The maximum atomic E-state index is 12.8. The number of rotatable bonds is 3. The predicted octanol–water partition coefficient (Wildman–Crippen LogP) is 2.13. The average Bonchev–Trinajstić information content (AvgIpc) is 2.67. The Morgan fingerprint density at radius 3 is 2.79 bits per heavy atom. The van der Waals surface area contributed by atoms with E-state index in [0.29, 0.717) is 13.2 Å². The van der Waals surface area contributed by atoms with Gasteiger partial charge in [-0.05, 0) is 24.1 Å². The highest BCUT2D eigenvalue weighted by Gasteiger charge is 2.15. The fourth-order valence-corrected chi connectivity index (χ4v) is 1.55. The highest BCUT2D eigenvalue weighted by atomic mass is 19.1. The first-order chi connectivity index (χ1) is 6.84. The highest BCUT2D eigenvalue weighted by molar-refractivity contribution is 5.16. The molecular weight excluding hydrogens is 183 g/mol. The van der Waals surface area contributed by atoms with Gasteiger partial charge >= 0.3 is 0 Å². The zero-order valence-electron chi connectivity index (χ0n) is 7.91. The number of hydrogen-bond acceptors (Lipinski definition) is 2. The minimum absolute atomic E-state index is 0.0988. The van der Waals surface area contributed by atoms with E-state index >= 15 is 0 Å². The Morgan fingerprint density at radius 2 is 2.07 bits per heavy atom. The number of benzene rings is 1. The van der Waals surface area contributed by atoms with E-state index in [1.165, 1.54) is 6.07 Å². The van der Waals surface area contributed by atoms with Crippen LogP contribution in [0.4, 0.5) is 4.39 Å². The Hall–Kier alpha value is -0.930. The molecule has 0 aliphatic carbocycles. The van der Waals surface area contributed by atoms with Crippen molar-refractivity contribution in [3.63, 3.8) is 0 Å². The van der Waals surface area contributed by atoms with Crippen LogP contribution in [0.3, 0.4) is 0 Å². The van der Waals surface area contributed by atoms with Crippen molar-refractivity contribution in [2.45, 2.75) is 19.1 Å². The SMILES string of the molecule is Fc1cccc(CCC2OCCO2)c1. The highest BCUT2D eigenvalue weighted by Crippen LogP contribution is 2.13. The van der Waals surface area contributed by atoms with Gasteiger partial charge in [0.25, 0.3) is 0 Å². The summed E-state index contributed by atoms with van der Waals surface area (Å²) in [6, 6.07) is 6.64. The molecule has 0 aromatic heterocycles. The molecule has 76 valence electrons. The normalized spacial score (nSPS) is 17.5. The summed E-state index contributed by atoms with van der Waals surface area (Å²) in [6.07, 6.45) is 1.49. The fraction of sp³-hybridized carbons (Fsp3) is 0.455. The largest absolute Gasteiger partial charge is 0.350 e. The molecule has 1 aromatic carbocycles. The molecule has 2 rings (SSSR count). The second-order valence-corrected chi connectivity index (χ2v) is 3.34. The van der Waals surface area contributed by atoms with Crippen molar-refractivity contribution in [3.8, 4) is 0 Å². The van der Waals surface area contributed by atoms with E-state index in [1.54, 1.807) is 12.1 Å². The minimum Gasteiger partial charge on any atom is -0.350 e. The lowest BCUT2D eigenvalue weighted by atomic mass is 10.1. The summed E-state index contributed by atoms with van der Waals surface area (Å²) in [5.74, 6) is -0.184. The van der Waals surface area contributed by atoms with Crippen molar-refractivity contribution in [1.29, 1.82) is 0 Å². The van der Waals surface area contributed by atoms with Gasteiger partial charge in [0.15, 0.2) is 6.29 Å². The summed E-state index contributed by atoms with van der Waals surface area (Å²) in [5, 5.41) is 0. The zero-order valence-corrected chi connectivity index (χ0v) is 7.91. The third-order valence-electron chi connectivity index (χ3n) is 2.25. The maximum absolute atomic E-state index is 12.8. The van der Waals surface area contributed by atoms with Gasteiger partial charge in [-0.1, -0.05) is 12.1 Å². The lowest BCUT2D eigenvalue weighted by molar-refractivity contribution is -0.0462. The first-order valence-electron chi connectivity index (χ1n) is 4.82. The van der Waals surface area contributed by atoms with Gasteiger partial charge in [0.05, 0.1) is 13.2 Å². The van der Waals surface area contributed by atoms with Crippen molar-refractivity contribution in [3.05, 3.63) is 35.6 Å². The van der Waals surface area contributed by atoms with Gasteiger partial charge < -0.3 is 9.47 Å². The number of hydrogen-bond donors (Lipinski definition) is 0. The van der Waals surface area contributed by atoms with E-state index in [-0.39, 0.29) is 12.1 Å². The first-order valence-corrected chi connectivity index (χ1v) is 4.82. The lowest BCUT2D eigenvalue weighted by Crippen LogP contribution is -2.08. The predicted molar refractivity (Wildman–Crippen MR) is 50.4 cm³/mol. The standard InChI is InChI=1S/C11H13FO2/c12-10-3-1-2-9(8-10)4-5-11-13-6-7-14-11/h1-3,8,11H,4-7H2. The molecule has 3 heteroatoms. The Labute approximate surface area is 82.6 Å². The minimum atomic E-state index is -0.184. The zero-order chi connectivity index (χ0) is 9.80. The molecule has 1 heterocycles. The van der Waals surface area contributed by atoms with Gasteiger partial charge in [0.2, 0.25) is 0 Å². The van der Waals surface area contributed by atoms with E-state index in [9.17, 15) is 4.39 Å². The molecule has 0 amide bonds. The lowest BCUT2D eigenvalue weighted by Gasteiger charge is -2.08. The molecule has 2 nitrogen and oxygen atoms in total. The van der Waals surface area contributed by atoms with Gasteiger partial charge in [-0.3, -0.25) is 0 Å². The van der Waals surface area contributed by atoms with Gasteiger partial charge in [-0.25, -0.2) is 4.39 Å². The molecule has 0 N–H and O–H groups in total. The smallest absolute Gasteiger partial charge is 0.158 e. The summed E-state index contributed by atoms with van der Waals surface area (Å²) in [7, 11) is 0. The summed E-state index contributed by atoms with van der Waals surface area (Å²) >= 11 is 0. The molecule has 0 unspecified atom stereocenters. The van der Waals surface area contributed by atoms with Crippen LogP contribution in [0, 0.1) is 5.82 Å². The molecule has 0 saturated carbocycles. The van der Waals surface area contributed by atoms with Crippen LogP contribution in [-0.4, -0.2) is 19.5 Å². The Kier molecular flexibility index (Phi) is 3.11. The summed E-state index contributed by atoms with van der Waals surface area (Å²) in [6.45, 7) is 1.35. The topological polar surface area (TPSA) is 18.5 Å². The van der Waals surface area contributed by atoms with Crippen LogP contribution in [0.2, 0.25) is 0 Å². The average molecular weight is 196 g/mol. The van der Waals surface area contributed by atoms with E-state index in [2.05, 4.69) is 0 Å². The fourth-order valence-electron chi connectivity index (χ4n) is 1.55. The summed E-state index contributed by atoms with van der Waals surface area (Å²) in [5.41, 5.74) is 0.990. The van der Waals surface area contributed by atoms with E-state index in [4.69, 9.17) is 9.47 Å². The molecule has 0 spiro atoms. The maximum Gasteiger partial charge on any atom is 0.158 e. The number of halogens is 1. The molecular formula is C11H13FO2. The molecule has 0 atom stereocenters. The molecule has 1 saturated heterocycles. The molecule has 1 aliphatic heterocycles. The van der Waals surface area contributed by atoms with Crippen molar-refractivity contribution in [2.24, 2.45) is 0 Å². The van der Waals surface area contributed by atoms with Gasteiger partial charge in [-0.15, -0.1) is 0 Å². The van der Waals surface area contributed by atoms with Crippen LogP contribution in [0.1, 0.15) is 12.0 Å². The van der Waals surface area contributed by atoms with Crippen molar-refractivity contribution in [1.82, 2.24) is 0 Å². The van der Waals surface area contributed by atoms with Crippen LogP contribution in [-0.2, 0) is 15.9 Å². The number of ether oxygens (including phenoxy) is 2. The third kappa shape index (κ3) is 2.53. The Balaban J connectivity index is 1.85. The van der Waals surface area contributed by atoms with Crippen LogP contribution < -0.4 is 0 Å². The van der Waals surface area contributed by atoms with Crippen LogP contribution in [0.15, 0.2) is 24.3 Å². The Morgan fingerprint density at radius 1 is 1.29 bits per heavy atom. The third-order valence-corrected chi connectivity index (χ3v) is 2.25. The van der Waals surface area contributed by atoms with Crippen LogP contribution >= 0.6 is 0 Å². The van der Waals surface area contributed by atoms with Crippen LogP contribution in [0.25, 0.3) is 0 Å². The van der Waals surface area contributed by atoms with Gasteiger partial charge in [0.1, 0.15) is 5.82 Å². The second kappa shape index (κ2) is 4.53. The van der Waals surface area contributed by atoms with Crippen molar-refractivity contribution in [2.75, 3.05) is 13.2 Å². The second-order valence-electron chi connectivity index (χ2n) is 3.34. The van der Waals surface area contributed by atoms with Crippen molar-refractivity contribution < 1.29 is 13.9 Å². The Bertz CT molecular complexity index is 295. The number of aryl methyl sites for hydroxylation is 1. The van der Waals surface area contributed by atoms with Crippen molar-refractivity contribution >= 4 is 0 Å². The first kappa shape index (κ1) is 9.62. The monoisotopic (exact) mass is 196 g/mol. The molecule has 1 fully saturated rings. The molecule has 0 bridgehead atoms. The molecule has 1 aromatic rings. The summed E-state index contributed by atoms with van der Waals surface area (Å²) in [4.78, 5) is 0. The van der Waals surface area contributed by atoms with E-state index < -0.39 is 0 Å². The van der Waals surface area contributed by atoms with Gasteiger partial charge in [-0.2, -0.15) is 0 Å². The molecule has 0 radical (unpaired) electrons. The van der Waals surface area contributed by atoms with E-state index in [0.717, 1.165) is 18.4 Å².